The van der Waals surface area contributed by atoms with E-state index in [2.05, 4.69) is 26.6 Å². The molecule has 0 spiro atoms. The van der Waals surface area contributed by atoms with E-state index in [-0.39, 0.29) is 11.7 Å². The first kappa shape index (κ1) is 18.9. The largest absolute Gasteiger partial charge is 0.309 e. The van der Waals surface area contributed by atoms with Crippen molar-refractivity contribution in [3.05, 3.63) is 63.9 Å². The van der Waals surface area contributed by atoms with Crippen LogP contribution in [0.25, 0.3) is 11.3 Å². The Labute approximate surface area is 174 Å². The highest BCUT2D eigenvalue weighted by atomic mass is 32.2. The van der Waals surface area contributed by atoms with Gasteiger partial charge in [0.15, 0.2) is 10.3 Å². The van der Waals surface area contributed by atoms with Crippen LogP contribution in [0.5, 0.6) is 0 Å². The highest BCUT2D eigenvalue weighted by molar-refractivity contribution is 7.99. The SMILES string of the molecule is Cn1c(Cc2cccs2)nnc1SCC(=O)Nc1nc(-c2ccccc2)cs1. The molecule has 0 aliphatic heterocycles. The maximum atomic E-state index is 12.3. The number of rotatable bonds is 7. The molecule has 0 bridgehead atoms. The van der Waals surface area contributed by atoms with Gasteiger partial charge in [-0.15, -0.1) is 32.9 Å². The van der Waals surface area contributed by atoms with Crippen molar-refractivity contribution in [3.8, 4) is 11.3 Å². The van der Waals surface area contributed by atoms with E-state index in [9.17, 15) is 4.79 Å². The average Bonchev–Trinajstić information content (AvgIpc) is 3.45. The second-order valence-electron chi connectivity index (χ2n) is 5.95. The Morgan fingerprint density at radius 3 is 2.79 bits per heavy atom. The number of aromatic nitrogens is 4. The van der Waals surface area contributed by atoms with E-state index >= 15 is 0 Å². The fraction of sp³-hybridized carbons (Fsp3) is 0.158. The van der Waals surface area contributed by atoms with Crippen LogP contribution in [0.3, 0.4) is 0 Å². The van der Waals surface area contributed by atoms with Gasteiger partial charge in [0.05, 0.1) is 11.4 Å². The number of hydrogen-bond acceptors (Lipinski definition) is 7. The van der Waals surface area contributed by atoms with Gasteiger partial charge in [-0.05, 0) is 11.4 Å². The lowest BCUT2D eigenvalue weighted by Crippen LogP contribution is -2.14. The number of carbonyl (C=O) groups is 1. The summed E-state index contributed by atoms with van der Waals surface area (Å²) < 4.78 is 1.94. The van der Waals surface area contributed by atoms with Gasteiger partial charge >= 0.3 is 0 Å². The van der Waals surface area contributed by atoms with Gasteiger partial charge in [0.25, 0.3) is 0 Å². The zero-order valence-corrected chi connectivity index (χ0v) is 17.5. The van der Waals surface area contributed by atoms with Crippen LogP contribution in [0.1, 0.15) is 10.7 Å². The normalized spacial score (nSPS) is 10.9. The van der Waals surface area contributed by atoms with Crippen molar-refractivity contribution in [2.75, 3.05) is 11.1 Å². The highest BCUT2D eigenvalue weighted by Gasteiger charge is 2.13. The standard InChI is InChI=1S/C19H17N5OS3/c1-24-16(10-14-8-5-9-26-14)22-23-19(24)28-12-17(25)21-18-20-15(11-27-18)13-6-3-2-4-7-13/h2-9,11H,10,12H2,1H3,(H,20,21,25). The van der Waals surface area contributed by atoms with Crippen LogP contribution in [0.4, 0.5) is 5.13 Å². The van der Waals surface area contributed by atoms with Gasteiger partial charge in [-0.2, -0.15) is 0 Å². The number of benzene rings is 1. The Bertz CT molecular complexity index is 1060. The van der Waals surface area contributed by atoms with Crippen LogP contribution < -0.4 is 5.32 Å². The summed E-state index contributed by atoms with van der Waals surface area (Å²) in [5.74, 6) is 1.03. The molecule has 9 heteroatoms. The molecule has 1 N–H and O–H groups in total. The van der Waals surface area contributed by atoms with E-state index in [4.69, 9.17) is 0 Å². The van der Waals surface area contributed by atoms with Crippen molar-refractivity contribution in [2.24, 2.45) is 7.05 Å². The summed E-state index contributed by atoms with van der Waals surface area (Å²) in [6.07, 6.45) is 0.745. The fourth-order valence-electron chi connectivity index (χ4n) is 2.55. The van der Waals surface area contributed by atoms with E-state index < -0.39 is 0 Å². The number of carbonyl (C=O) groups excluding carboxylic acids is 1. The summed E-state index contributed by atoms with van der Waals surface area (Å²) in [5, 5.41) is 16.6. The molecular weight excluding hydrogens is 410 g/mol. The molecule has 4 aromatic rings. The minimum atomic E-state index is -0.109. The molecule has 0 unspecified atom stereocenters. The second kappa shape index (κ2) is 8.68. The van der Waals surface area contributed by atoms with Crippen molar-refractivity contribution < 1.29 is 4.79 Å². The zero-order chi connectivity index (χ0) is 19.3. The molecule has 3 heterocycles. The summed E-state index contributed by atoms with van der Waals surface area (Å²) in [7, 11) is 1.93. The topological polar surface area (TPSA) is 72.7 Å². The van der Waals surface area contributed by atoms with Gasteiger partial charge in [0.2, 0.25) is 5.91 Å². The smallest absolute Gasteiger partial charge is 0.236 e. The minimum absolute atomic E-state index is 0.109. The molecule has 0 fully saturated rings. The Hall–Kier alpha value is -2.49. The van der Waals surface area contributed by atoms with Crippen LogP contribution in [0.2, 0.25) is 0 Å². The maximum Gasteiger partial charge on any atom is 0.236 e. The molecule has 28 heavy (non-hydrogen) atoms. The summed E-state index contributed by atoms with van der Waals surface area (Å²) in [4.78, 5) is 18.0. The molecular formula is C19H17N5OS3. The van der Waals surface area contributed by atoms with Crippen LogP contribution in [-0.2, 0) is 18.3 Å². The van der Waals surface area contributed by atoms with E-state index in [1.807, 2.05) is 58.8 Å². The second-order valence-corrected chi connectivity index (χ2v) is 8.79. The van der Waals surface area contributed by atoms with E-state index in [0.29, 0.717) is 5.13 Å². The third-order valence-electron chi connectivity index (χ3n) is 3.99. The monoisotopic (exact) mass is 427 g/mol. The molecule has 1 amide bonds. The Morgan fingerprint density at radius 2 is 2.00 bits per heavy atom. The van der Waals surface area contributed by atoms with Crippen LogP contribution in [0.15, 0.2) is 58.4 Å². The van der Waals surface area contributed by atoms with Crippen LogP contribution in [-0.4, -0.2) is 31.4 Å². The van der Waals surface area contributed by atoms with Crippen molar-refractivity contribution in [2.45, 2.75) is 11.6 Å². The molecule has 1 aromatic carbocycles. The quantitative estimate of drug-likeness (QED) is 0.445. The zero-order valence-electron chi connectivity index (χ0n) is 15.0. The van der Waals surface area contributed by atoms with E-state index in [1.54, 1.807) is 11.3 Å². The van der Waals surface area contributed by atoms with Crippen molar-refractivity contribution in [1.82, 2.24) is 19.7 Å². The predicted molar refractivity (Wildman–Crippen MR) is 115 cm³/mol. The highest BCUT2D eigenvalue weighted by Crippen LogP contribution is 2.25. The number of nitrogens with one attached hydrogen (secondary N) is 1. The number of nitrogens with zero attached hydrogens (tertiary/aromatic N) is 4. The Kier molecular flexibility index (Phi) is 5.84. The molecule has 142 valence electrons. The predicted octanol–water partition coefficient (Wildman–Crippen LogP) is 4.32. The van der Waals surface area contributed by atoms with Crippen LogP contribution in [0, 0.1) is 0 Å². The number of thiophene rings is 1. The molecule has 0 aliphatic carbocycles. The van der Waals surface area contributed by atoms with Gasteiger partial charge in [0.1, 0.15) is 5.82 Å². The number of amides is 1. The lowest BCUT2D eigenvalue weighted by atomic mass is 10.2. The number of anilines is 1. The average molecular weight is 428 g/mol. The summed E-state index contributed by atoms with van der Waals surface area (Å²) >= 11 is 4.49. The molecule has 4 rings (SSSR count). The van der Waals surface area contributed by atoms with E-state index in [0.717, 1.165) is 28.7 Å². The van der Waals surface area contributed by atoms with Crippen molar-refractivity contribution >= 4 is 45.5 Å². The first-order chi connectivity index (χ1) is 13.7. The third kappa shape index (κ3) is 4.49. The van der Waals surface area contributed by atoms with Crippen molar-refractivity contribution in [1.29, 1.82) is 0 Å². The minimum Gasteiger partial charge on any atom is -0.309 e. The lowest BCUT2D eigenvalue weighted by molar-refractivity contribution is -0.113. The lowest BCUT2D eigenvalue weighted by Gasteiger charge is -2.03. The molecule has 6 nitrogen and oxygen atoms in total. The number of thioether (sulfide) groups is 1. The fourth-order valence-corrected chi connectivity index (χ4v) is 4.72. The third-order valence-corrected chi connectivity index (χ3v) is 6.64. The molecule has 0 aliphatic rings. The Morgan fingerprint density at radius 1 is 1.14 bits per heavy atom. The molecule has 3 aromatic heterocycles. The molecule has 0 radical (unpaired) electrons. The Balaban J connectivity index is 1.33. The van der Waals surface area contributed by atoms with Gasteiger partial charge in [-0.3, -0.25) is 4.79 Å². The first-order valence-electron chi connectivity index (χ1n) is 8.53. The van der Waals surface area contributed by atoms with Gasteiger partial charge < -0.3 is 9.88 Å². The van der Waals surface area contributed by atoms with Gasteiger partial charge in [-0.25, -0.2) is 4.98 Å². The maximum absolute atomic E-state index is 12.3. The van der Waals surface area contributed by atoms with Gasteiger partial charge in [-0.1, -0.05) is 48.2 Å². The summed E-state index contributed by atoms with van der Waals surface area (Å²) in [6, 6.07) is 14.0. The molecule has 0 saturated carbocycles. The summed E-state index contributed by atoms with van der Waals surface area (Å²) in [6.45, 7) is 0. The first-order valence-corrected chi connectivity index (χ1v) is 11.3. The van der Waals surface area contributed by atoms with Crippen molar-refractivity contribution in [3.63, 3.8) is 0 Å². The summed E-state index contributed by atoms with van der Waals surface area (Å²) in [5.41, 5.74) is 1.89. The number of hydrogen-bond donors (Lipinski definition) is 1. The van der Waals surface area contributed by atoms with Gasteiger partial charge in [0, 0.05) is 29.3 Å². The molecule has 0 atom stereocenters. The number of thiazole rings is 1. The molecule has 0 saturated heterocycles. The van der Waals surface area contributed by atoms with E-state index in [1.165, 1.54) is 28.0 Å². The van der Waals surface area contributed by atoms with Crippen LogP contribution >= 0.6 is 34.4 Å².